The van der Waals surface area contributed by atoms with Crippen molar-refractivity contribution < 1.29 is 9.21 Å². The number of carbonyl (C=O) groups excluding carboxylic acids is 1. The van der Waals surface area contributed by atoms with Gasteiger partial charge in [-0.25, -0.2) is 9.79 Å². The van der Waals surface area contributed by atoms with Crippen molar-refractivity contribution >= 4 is 28.2 Å². The Bertz CT molecular complexity index is 842. The molecule has 1 aromatic heterocycles. The van der Waals surface area contributed by atoms with Gasteiger partial charge in [-0.2, -0.15) is 5.26 Å². The minimum Gasteiger partial charge on any atom is -0.421 e. The number of nitrogens with zero attached hydrogens (tertiary/aromatic N) is 2. The zero-order chi connectivity index (χ0) is 13.6. The van der Waals surface area contributed by atoms with Gasteiger partial charge in [-0.15, -0.1) is 0 Å². The molecule has 0 fully saturated rings. The van der Waals surface area contributed by atoms with E-state index in [0.29, 0.717) is 16.5 Å². The van der Waals surface area contributed by atoms with Crippen molar-refractivity contribution in [2.45, 2.75) is 6.04 Å². The van der Waals surface area contributed by atoms with E-state index < -0.39 is 17.5 Å². The molecule has 92 valence electrons. The lowest BCUT2D eigenvalue weighted by Crippen LogP contribution is -2.32. The first-order valence-electron chi connectivity index (χ1n) is 5.48. The number of benzene rings is 1. The van der Waals surface area contributed by atoms with Crippen LogP contribution in [0, 0.1) is 11.3 Å². The van der Waals surface area contributed by atoms with Gasteiger partial charge in [-0.1, -0.05) is 18.2 Å². The molecule has 1 unspecified atom stereocenters. The van der Waals surface area contributed by atoms with E-state index in [-0.39, 0.29) is 11.4 Å². The Morgan fingerprint density at radius 2 is 2.05 bits per heavy atom. The zero-order valence-electron chi connectivity index (χ0n) is 9.58. The second-order valence-corrected chi connectivity index (χ2v) is 4.06. The normalized spacial score (nSPS) is 17.8. The fraction of sp³-hybridized carbons (Fsp3) is 0.0769. The number of ketones is 1. The summed E-state index contributed by atoms with van der Waals surface area (Å²) in [5, 5.41) is 9.37. The van der Waals surface area contributed by atoms with Crippen LogP contribution in [0.15, 0.2) is 38.5 Å². The van der Waals surface area contributed by atoms with Crippen molar-refractivity contribution in [1.82, 2.24) is 0 Å². The molecule has 1 aliphatic rings. The fourth-order valence-electron chi connectivity index (χ4n) is 2.11. The van der Waals surface area contributed by atoms with Crippen LogP contribution in [-0.2, 0) is 4.79 Å². The van der Waals surface area contributed by atoms with Crippen LogP contribution in [0.25, 0.3) is 11.0 Å². The van der Waals surface area contributed by atoms with Crippen LogP contribution in [0.3, 0.4) is 0 Å². The van der Waals surface area contributed by atoms with Crippen LogP contribution >= 0.6 is 0 Å². The highest BCUT2D eigenvalue weighted by atomic mass is 16.4. The Labute approximate surface area is 106 Å². The summed E-state index contributed by atoms with van der Waals surface area (Å²) < 4.78 is 5.10. The van der Waals surface area contributed by atoms with Crippen LogP contribution in [-0.4, -0.2) is 11.5 Å². The molecule has 0 radical (unpaired) electrons. The molecule has 2 N–H and O–H groups in total. The van der Waals surface area contributed by atoms with Crippen molar-refractivity contribution in [3.63, 3.8) is 0 Å². The van der Waals surface area contributed by atoms with Gasteiger partial charge in [-0.05, 0) is 6.07 Å². The SMILES string of the molecule is N#CC1=Nc2c(c3ccccc3oc2=O)C(N)C1=O. The number of nitrogens with two attached hydrogens (primary N) is 1. The fourth-order valence-corrected chi connectivity index (χ4v) is 2.11. The van der Waals surface area contributed by atoms with Gasteiger partial charge >= 0.3 is 5.63 Å². The van der Waals surface area contributed by atoms with Gasteiger partial charge in [0.2, 0.25) is 5.78 Å². The van der Waals surface area contributed by atoms with Gasteiger partial charge in [0.1, 0.15) is 11.7 Å². The molecule has 2 aromatic rings. The average Bonchev–Trinajstić information content (AvgIpc) is 2.42. The minimum absolute atomic E-state index is 0.0673. The quantitative estimate of drug-likeness (QED) is 0.703. The summed E-state index contributed by atoms with van der Waals surface area (Å²) in [4.78, 5) is 27.5. The summed E-state index contributed by atoms with van der Waals surface area (Å²) in [5.41, 5.74) is 5.34. The number of Topliss-reactive ketones (excluding diaryl/α,β-unsaturated/α-hetero) is 1. The lowest BCUT2D eigenvalue weighted by molar-refractivity contribution is -0.114. The molecule has 0 saturated heterocycles. The first-order chi connectivity index (χ1) is 9.13. The number of aliphatic imine (C=N–C) groups is 1. The van der Waals surface area contributed by atoms with Crippen molar-refractivity contribution in [2.24, 2.45) is 10.7 Å². The van der Waals surface area contributed by atoms with E-state index >= 15 is 0 Å². The third kappa shape index (κ3) is 1.49. The maximum absolute atomic E-state index is 11.9. The second kappa shape index (κ2) is 3.86. The first kappa shape index (κ1) is 11.3. The van der Waals surface area contributed by atoms with Crippen LogP contribution in [0.2, 0.25) is 0 Å². The number of para-hydroxylation sites is 1. The van der Waals surface area contributed by atoms with Gasteiger partial charge < -0.3 is 10.2 Å². The predicted molar refractivity (Wildman–Crippen MR) is 67.1 cm³/mol. The van der Waals surface area contributed by atoms with Crippen molar-refractivity contribution in [1.29, 1.82) is 5.26 Å². The van der Waals surface area contributed by atoms with Crippen LogP contribution in [0.4, 0.5) is 5.69 Å². The van der Waals surface area contributed by atoms with Crippen LogP contribution in [0.1, 0.15) is 11.6 Å². The third-order valence-corrected chi connectivity index (χ3v) is 2.98. The number of nitriles is 1. The molecule has 0 aliphatic carbocycles. The van der Waals surface area contributed by atoms with E-state index in [2.05, 4.69) is 4.99 Å². The van der Waals surface area contributed by atoms with Gasteiger partial charge in [0.05, 0.1) is 6.04 Å². The molecule has 0 bridgehead atoms. The maximum atomic E-state index is 11.9. The molecule has 0 saturated carbocycles. The van der Waals surface area contributed by atoms with Gasteiger partial charge in [0, 0.05) is 10.9 Å². The van der Waals surface area contributed by atoms with Crippen LogP contribution in [0.5, 0.6) is 0 Å². The average molecular weight is 253 g/mol. The summed E-state index contributed by atoms with van der Waals surface area (Å²) >= 11 is 0. The molecule has 1 atom stereocenters. The minimum atomic E-state index is -1.07. The largest absolute Gasteiger partial charge is 0.421 e. The maximum Gasteiger partial charge on any atom is 0.362 e. The molecule has 19 heavy (non-hydrogen) atoms. The van der Waals surface area contributed by atoms with Crippen LogP contribution < -0.4 is 11.4 Å². The lowest BCUT2D eigenvalue weighted by Gasteiger charge is -2.18. The molecule has 0 spiro atoms. The van der Waals surface area contributed by atoms with Gasteiger partial charge in [0.15, 0.2) is 11.4 Å². The Kier molecular flexibility index (Phi) is 2.30. The van der Waals surface area contributed by atoms with Crippen molar-refractivity contribution in [2.75, 3.05) is 0 Å². The van der Waals surface area contributed by atoms with Crippen molar-refractivity contribution in [3.8, 4) is 6.07 Å². The highest BCUT2D eigenvalue weighted by Crippen LogP contribution is 2.33. The zero-order valence-corrected chi connectivity index (χ0v) is 9.58. The molecule has 6 nitrogen and oxygen atoms in total. The van der Waals surface area contributed by atoms with Gasteiger partial charge in [-0.3, -0.25) is 4.79 Å². The number of carbonyl (C=O) groups is 1. The number of hydrogen-bond donors (Lipinski definition) is 1. The molecule has 1 aromatic carbocycles. The highest BCUT2D eigenvalue weighted by molar-refractivity contribution is 6.49. The van der Waals surface area contributed by atoms with E-state index in [0.717, 1.165) is 0 Å². The summed E-state index contributed by atoms with van der Waals surface area (Å²) in [6, 6.07) is 7.31. The molecule has 2 heterocycles. The number of fused-ring (bicyclic) bond motifs is 3. The Morgan fingerprint density at radius 3 is 2.79 bits per heavy atom. The molecular weight excluding hydrogens is 246 g/mol. The second-order valence-electron chi connectivity index (χ2n) is 4.06. The van der Waals surface area contributed by atoms with E-state index in [9.17, 15) is 9.59 Å². The third-order valence-electron chi connectivity index (χ3n) is 2.98. The molecular formula is C13H7N3O3. The standard InChI is InChI=1S/C13H7N3O3/c14-5-7-12(17)10(15)9-6-3-1-2-4-8(6)19-13(18)11(9)16-7/h1-4,10H,15H2. The Balaban J connectivity index is 2.50. The highest BCUT2D eigenvalue weighted by Gasteiger charge is 2.32. The number of hydrogen-bond acceptors (Lipinski definition) is 6. The van der Waals surface area contributed by atoms with E-state index in [1.54, 1.807) is 30.3 Å². The Hall–Kier alpha value is -2.78. The summed E-state index contributed by atoms with van der Waals surface area (Å²) in [7, 11) is 0. The predicted octanol–water partition coefficient (Wildman–Crippen LogP) is 0.972. The summed E-state index contributed by atoms with van der Waals surface area (Å²) in [6.45, 7) is 0. The Morgan fingerprint density at radius 1 is 1.32 bits per heavy atom. The molecule has 6 heteroatoms. The first-order valence-corrected chi connectivity index (χ1v) is 5.48. The molecule has 0 amide bonds. The topological polar surface area (TPSA) is 109 Å². The smallest absolute Gasteiger partial charge is 0.362 e. The number of rotatable bonds is 0. The van der Waals surface area contributed by atoms with Crippen molar-refractivity contribution in [3.05, 3.63) is 40.2 Å². The van der Waals surface area contributed by atoms with E-state index in [1.807, 2.05) is 0 Å². The van der Waals surface area contributed by atoms with E-state index in [4.69, 9.17) is 15.4 Å². The monoisotopic (exact) mass is 253 g/mol. The van der Waals surface area contributed by atoms with Gasteiger partial charge in [0.25, 0.3) is 0 Å². The van der Waals surface area contributed by atoms with E-state index in [1.165, 1.54) is 0 Å². The lowest BCUT2D eigenvalue weighted by atomic mass is 9.94. The molecule has 3 rings (SSSR count). The summed E-state index contributed by atoms with van der Waals surface area (Å²) in [6.07, 6.45) is 0. The summed E-state index contributed by atoms with van der Waals surface area (Å²) in [5.74, 6) is -0.592. The molecule has 1 aliphatic heterocycles.